The fraction of sp³-hybridized carbons (Fsp3) is 0.357. The number of guanidine groups is 1. The lowest BCUT2D eigenvalue weighted by Crippen LogP contribution is -2.43. The monoisotopic (exact) mass is 816 g/mol. The number of carboxylic acid groups (broad SMARTS) is 1. The van der Waals surface area contributed by atoms with Crippen LogP contribution in [0.3, 0.4) is 0 Å². The summed E-state index contributed by atoms with van der Waals surface area (Å²) in [5.74, 6) is -2.91. The Morgan fingerprint density at radius 2 is 1.59 bits per heavy atom. The molecule has 1 heterocycles. The summed E-state index contributed by atoms with van der Waals surface area (Å²) in [5, 5.41) is 17.4. The summed E-state index contributed by atoms with van der Waals surface area (Å²) in [6, 6.07) is 16.3. The average Bonchev–Trinajstić information content (AvgIpc) is 3.61. The molecule has 3 amide bonds. The SMILES string of the molecule is CCCCOC(=O)[C@@H](C)N(Cc1csc(C(=O)O)c1)C(=O)c1cccc2cc(OC(=O)c3ccc(N/C(=N/C(=O)OC(C)(C)C)NC(=O)OC(C)(C)C)cc3)ccc12. The van der Waals surface area contributed by atoms with Crippen molar-refractivity contribution in [3.8, 4) is 5.75 Å². The zero-order chi connectivity index (χ0) is 42.8. The molecule has 1 aromatic heterocycles. The number of anilines is 1. The Balaban J connectivity index is 1.53. The molecular formula is C42H48N4O11S. The van der Waals surface area contributed by atoms with E-state index in [1.807, 2.05) is 6.92 Å². The number of hydrogen-bond donors (Lipinski definition) is 3. The molecule has 4 rings (SSSR count). The van der Waals surface area contributed by atoms with Gasteiger partial charge in [-0.25, -0.2) is 24.0 Å². The smallest absolute Gasteiger partial charge is 0.437 e. The number of carbonyl (C=O) groups excluding carboxylic acids is 5. The van der Waals surface area contributed by atoms with E-state index in [0.717, 1.165) is 17.8 Å². The minimum atomic E-state index is -1.09. The molecule has 308 valence electrons. The number of aromatic carboxylic acids is 1. The first-order valence-corrected chi connectivity index (χ1v) is 19.3. The third kappa shape index (κ3) is 13.1. The Hall–Kier alpha value is -6.29. The highest BCUT2D eigenvalue weighted by atomic mass is 32.1. The fourth-order valence-electron chi connectivity index (χ4n) is 5.24. The van der Waals surface area contributed by atoms with E-state index in [1.165, 1.54) is 35.2 Å². The van der Waals surface area contributed by atoms with Crippen molar-refractivity contribution in [3.05, 3.63) is 93.7 Å². The molecule has 0 spiro atoms. The van der Waals surface area contributed by atoms with Crippen molar-refractivity contribution in [2.24, 2.45) is 4.99 Å². The molecule has 0 fully saturated rings. The number of hydrogen-bond acceptors (Lipinski definition) is 11. The molecule has 0 unspecified atom stereocenters. The standard InChI is InChI=1S/C42H48N4O11S/c1-9-10-20-54-36(50)25(2)46(23-26-21-33(35(48)49)58-24-26)34(47)32-13-11-12-28-22-30(18-19-31(28)32)55-37(51)27-14-16-29(17-15-27)43-38(44-39(52)56-41(3,4)5)45-40(53)57-42(6,7)8/h11-19,21-22,24-25H,9-10,20,23H2,1-8H3,(H,48,49)(H2,43,44,45,52,53)/t25-/m1/s1. The zero-order valence-electron chi connectivity index (χ0n) is 33.7. The van der Waals surface area contributed by atoms with E-state index in [1.54, 1.807) is 90.2 Å². The van der Waals surface area contributed by atoms with Gasteiger partial charge in [0.05, 0.1) is 12.2 Å². The summed E-state index contributed by atoms with van der Waals surface area (Å²) in [6.45, 7) is 13.8. The van der Waals surface area contributed by atoms with Gasteiger partial charge < -0.3 is 34.3 Å². The summed E-state index contributed by atoms with van der Waals surface area (Å²) in [5.41, 5.74) is -0.299. The lowest BCUT2D eigenvalue weighted by molar-refractivity contribution is -0.148. The van der Waals surface area contributed by atoms with Crippen molar-refractivity contribution in [3.63, 3.8) is 0 Å². The quantitative estimate of drug-likeness (QED) is 0.0308. The van der Waals surface area contributed by atoms with Gasteiger partial charge in [0.2, 0.25) is 5.96 Å². The number of alkyl carbamates (subject to hydrolysis) is 1. The molecule has 0 aliphatic rings. The number of esters is 2. The number of carboxylic acids is 1. The molecular weight excluding hydrogens is 769 g/mol. The van der Waals surface area contributed by atoms with Crippen LogP contribution in [0.15, 0.2) is 77.1 Å². The van der Waals surface area contributed by atoms with Crippen molar-refractivity contribution in [2.45, 2.75) is 92.0 Å². The van der Waals surface area contributed by atoms with Crippen LogP contribution >= 0.6 is 11.3 Å². The van der Waals surface area contributed by atoms with E-state index in [0.29, 0.717) is 28.4 Å². The predicted molar refractivity (Wildman–Crippen MR) is 218 cm³/mol. The molecule has 58 heavy (non-hydrogen) atoms. The molecule has 4 aromatic rings. The van der Waals surface area contributed by atoms with Crippen molar-refractivity contribution < 1.29 is 52.8 Å². The van der Waals surface area contributed by atoms with Gasteiger partial charge in [-0.05, 0) is 131 Å². The Kier molecular flexibility index (Phi) is 14.7. The molecule has 3 N–H and O–H groups in total. The Morgan fingerprint density at radius 1 is 0.897 bits per heavy atom. The Bertz CT molecular complexity index is 2180. The summed E-state index contributed by atoms with van der Waals surface area (Å²) in [4.78, 5) is 82.2. The number of unbranched alkanes of at least 4 members (excludes halogenated alkanes) is 1. The highest BCUT2D eigenvalue weighted by molar-refractivity contribution is 7.12. The maximum Gasteiger partial charge on any atom is 0.437 e. The molecule has 3 aromatic carbocycles. The number of ether oxygens (including phenoxy) is 4. The van der Waals surface area contributed by atoms with Crippen LogP contribution in [0.1, 0.15) is 104 Å². The normalized spacial score (nSPS) is 12.2. The molecule has 0 saturated heterocycles. The van der Waals surface area contributed by atoms with Crippen LogP contribution < -0.4 is 15.4 Å². The molecule has 0 saturated carbocycles. The maximum absolute atomic E-state index is 14.2. The zero-order valence-corrected chi connectivity index (χ0v) is 34.5. The van der Waals surface area contributed by atoms with E-state index in [2.05, 4.69) is 15.6 Å². The van der Waals surface area contributed by atoms with E-state index >= 15 is 0 Å². The van der Waals surface area contributed by atoms with Crippen molar-refractivity contribution in [1.29, 1.82) is 0 Å². The van der Waals surface area contributed by atoms with Gasteiger partial charge in [-0.2, -0.15) is 0 Å². The van der Waals surface area contributed by atoms with Gasteiger partial charge in [-0.1, -0.05) is 25.5 Å². The second-order valence-corrected chi connectivity index (χ2v) is 16.0. The lowest BCUT2D eigenvalue weighted by atomic mass is 10.0. The summed E-state index contributed by atoms with van der Waals surface area (Å²) in [6.07, 6.45) is -0.333. The van der Waals surface area contributed by atoms with Crippen molar-refractivity contribution in [2.75, 3.05) is 11.9 Å². The molecule has 0 aliphatic heterocycles. The number of benzene rings is 3. The van der Waals surface area contributed by atoms with Crippen LogP contribution in [0, 0.1) is 0 Å². The minimum Gasteiger partial charge on any atom is -0.477 e. The molecule has 0 aliphatic carbocycles. The Labute approximate surface area is 340 Å². The minimum absolute atomic E-state index is 0.0365. The first kappa shape index (κ1) is 44.4. The van der Waals surface area contributed by atoms with Crippen LogP contribution in [0.4, 0.5) is 15.3 Å². The number of carbonyl (C=O) groups is 6. The van der Waals surface area contributed by atoms with Gasteiger partial charge in [-0.3, -0.25) is 10.1 Å². The number of nitrogens with zero attached hydrogens (tertiary/aromatic N) is 2. The topological polar surface area (TPSA) is 199 Å². The van der Waals surface area contributed by atoms with Crippen LogP contribution in [0.5, 0.6) is 5.75 Å². The molecule has 1 atom stereocenters. The number of thiophene rings is 1. The maximum atomic E-state index is 14.2. The second kappa shape index (κ2) is 19.2. The number of rotatable bonds is 12. The number of fused-ring (bicyclic) bond motifs is 1. The molecule has 15 nitrogen and oxygen atoms in total. The van der Waals surface area contributed by atoms with Crippen molar-refractivity contribution >= 4 is 69.8 Å². The number of aliphatic imine (C=N–C) groups is 1. The van der Waals surface area contributed by atoms with Crippen LogP contribution in [0.2, 0.25) is 0 Å². The Morgan fingerprint density at radius 3 is 2.21 bits per heavy atom. The number of amides is 3. The van der Waals surface area contributed by atoms with E-state index < -0.39 is 53.2 Å². The highest BCUT2D eigenvalue weighted by Crippen LogP contribution is 2.28. The average molecular weight is 817 g/mol. The van der Waals surface area contributed by atoms with Gasteiger partial charge in [0.25, 0.3) is 5.91 Å². The van der Waals surface area contributed by atoms with Gasteiger partial charge in [-0.15, -0.1) is 16.3 Å². The first-order valence-electron chi connectivity index (χ1n) is 18.4. The van der Waals surface area contributed by atoms with E-state index in [-0.39, 0.29) is 40.9 Å². The highest BCUT2D eigenvalue weighted by Gasteiger charge is 2.30. The fourth-order valence-corrected chi connectivity index (χ4v) is 5.98. The van der Waals surface area contributed by atoms with Crippen LogP contribution in [0.25, 0.3) is 10.8 Å². The third-order valence-corrected chi connectivity index (χ3v) is 8.89. The van der Waals surface area contributed by atoms with Gasteiger partial charge in [0, 0.05) is 17.8 Å². The van der Waals surface area contributed by atoms with Gasteiger partial charge in [0.15, 0.2) is 0 Å². The van der Waals surface area contributed by atoms with Crippen LogP contribution in [-0.4, -0.2) is 75.8 Å². The largest absolute Gasteiger partial charge is 0.477 e. The van der Waals surface area contributed by atoms with Gasteiger partial charge >= 0.3 is 30.1 Å². The second-order valence-electron chi connectivity index (χ2n) is 15.1. The third-order valence-electron chi connectivity index (χ3n) is 7.92. The first-order chi connectivity index (χ1) is 27.2. The molecule has 0 radical (unpaired) electrons. The molecule has 0 bridgehead atoms. The van der Waals surface area contributed by atoms with E-state index in [4.69, 9.17) is 18.9 Å². The summed E-state index contributed by atoms with van der Waals surface area (Å²) >= 11 is 1.02. The summed E-state index contributed by atoms with van der Waals surface area (Å²) in [7, 11) is 0. The predicted octanol–water partition coefficient (Wildman–Crippen LogP) is 8.42. The lowest BCUT2D eigenvalue weighted by Gasteiger charge is -2.28. The summed E-state index contributed by atoms with van der Waals surface area (Å²) < 4.78 is 21.6. The van der Waals surface area contributed by atoms with Crippen LogP contribution in [-0.2, 0) is 25.5 Å². The van der Waals surface area contributed by atoms with Crippen molar-refractivity contribution in [1.82, 2.24) is 10.2 Å². The number of nitrogens with one attached hydrogen (secondary N) is 2. The van der Waals surface area contributed by atoms with Gasteiger partial charge in [0.1, 0.15) is 27.9 Å². The molecule has 16 heteroatoms. The van der Waals surface area contributed by atoms with E-state index in [9.17, 15) is 33.9 Å².